The molecule has 0 amide bonds. The average molecular weight is 278 g/mol. The molecular formula is C10H15F5OS. The molecule has 0 heterocycles. The van der Waals surface area contributed by atoms with Gasteiger partial charge in [0.15, 0.2) is 11.3 Å². The second-order valence-corrected chi connectivity index (χ2v) is 4.72. The van der Waals surface area contributed by atoms with E-state index >= 15 is 0 Å². The molecule has 0 aromatic heterocycles. The highest BCUT2D eigenvalue weighted by molar-refractivity contribution is 8.13. The van der Waals surface area contributed by atoms with E-state index in [1.165, 1.54) is 0 Å². The van der Waals surface area contributed by atoms with Gasteiger partial charge in [-0.25, -0.2) is 22.0 Å². The van der Waals surface area contributed by atoms with Crippen molar-refractivity contribution in [3.8, 4) is 0 Å². The van der Waals surface area contributed by atoms with Gasteiger partial charge >= 0.3 is 0 Å². The Labute approximate surface area is 101 Å². The van der Waals surface area contributed by atoms with Crippen molar-refractivity contribution in [2.45, 2.75) is 44.5 Å². The lowest BCUT2D eigenvalue weighted by Gasteiger charge is -2.19. The van der Waals surface area contributed by atoms with Crippen LogP contribution in [0.2, 0.25) is 0 Å². The second-order valence-electron chi connectivity index (χ2n) is 3.57. The molecule has 0 N–H and O–H groups in total. The van der Waals surface area contributed by atoms with Gasteiger partial charge in [-0.3, -0.25) is 4.79 Å². The quantitative estimate of drug-likeness (QED) is 0.629. The number of rotatable bonds is 8. The lowest BCUT2D eigenvalue weighted by Crippen LogP contribution is -2.29. The first kappa shape index (κ1) is 16.7. The Balaban J connectivity index is 3.98. The molecule has 7 heteroatoms. The predicted molar refractivity (Wildman–Crippen MR) is 57.7 cm³/mol. The summed E-state index contributed by atoms with van der Waals surface area (Å²) in [5, 5.41) is -0.232. The smallest absolute Gasteiger partial charge is 0.251 e. The molecule has 0 aliphatic carbocycles. The van der Waals surface area contributed by atoms with Crippen LogP contribution < -0.4 is 0 Å². The third kappa shape index (κ3) is 7.57. The maximum atomic E-state index is 13.1. The van der Waals surface area contributed by atoms with E-state index < -0.39 is 37.8 Å². The Bertz CT molecular complexity index is 237. The van der Waals surface area contributed by atoms with Crippen molar-refractivity contribution in [3.63, 3.8) is 0 Å². The normalized spacial score (nSPS) is 15.6. The van der Waals surface area contributed by atoms with Crippen LogP contribution in [-0.4, -0.2) is 35.8 Å². The fourth-order valence-electron chi connectivity index (χ4n) is 1.03. The Hall–Kier alpha value is -0.330. The van der Waals surface area contributed by atoms with Crippen LogP contribution in [0.4, 0.5) is 22.0 Å². The molecule has 2 unspecified atom stereocenters. The first-order valence-corrected chi connectivity index (χ1v) is 6.18. The van der Waals surface area contributed by atoms with Crippen LogP contribution >= 0.6 is 11.8 Å². The van der Waals surface area contributed by atoms with Crippen LogP contribution in [0.5, 0.6) is 0 Å². The zero-order valence-electron chi connectivity index (χ0n) is 9.40. The highest BCUT2D eigenvalue weighted by atomic mass is 32.2. The molecule has 0 saturated carbocycles. The number of thioether (sulfide) groups is 1. The van der Waals surface area contributed by atoms with E-state index in [9.17, 15) is 26.7 Å². The van der Waals surface area contributed by atoms with E-state index in [-0.39, 0.29) is 17.3 Å². The molecule has 0 aliphatic heterocycles. The lowest BCUT2D eigenvalue weighted by atomic mass is 10.1. The summed E-state index contributed by atoms with van der Waals surface area (Å²) in [5.74, 6) is -3.57. The highest BCUT2D eigenvalue weighted by Crippen LogP contribution is 2.29. The summed E-state index contributed by atoms with van der Waals surface area (Å²) in [5.41, 5.74) is 0. The molecule has 0 fully saturated rings. The van der Waals surface area contributed by atoms with Gasteiger partial charge in [0.05, 0.1) is 0 Å². The molecule has 0 bridgehead atoms. The van der Waals surface area contributed by atoms with Gasteiger partial charge in [-0.2, -0.15) is 0 Å². The molecule has 0 radical (unpaired) electrons. The minimum absolute atomic E-state index is 0.154. The Morgan fingerprint density at radius 1 is 1.29 bits per heavy atom. The fraction of sp³-hybridized carbons (Fsp3) is 0.900. The number of alkyl halides is 5. The van der Waals surface area contributed by atoms with E-state index in [2.05, 4.69) is 0 Å². The maximum absolute atomic E-state index is 13.1. The molecule has 1 nitrogen and oxygen atoms in total. The van der Waals surface area contributed by atoms with Gasteiger partial charge in [-0.05, 0) is 0 Å². The van der Waals surface area contributed by atoms with Crippen molar-refractivity contribution in [3.05, 3.63) is 0 Å². The van der Waals surface area contributed by atoms with Crippen molar-refractivity contribution < 1.29 is 26.7 Å². The van der Waals surface area contributed by atoms with Crippen molar-refractivity contribution in [2.24, 2.45) is 0 Å². The van der Waals surface area contributed by atoms with Crippen LogP contribution in [0.25, 0.3) is 0 Å². The van der Waals surface area contributed by atoms with Crippen molar-refractivity contribution in [2.75, 3.05) is 12.4 Å². The predicted octanol–water partition coefficient (Wildman–Crippen LogP) is 3.72. The Morgan fingerprint density at radius 3 is 2.35 bits per heavy atom. The number of carbonyl (C=O) groups is 1. The van der Waals surface area contributed by atoms with Crippen molar-refractivity contribution >= 4 is 16.9 Å². The second kappa shape index (κ2) is 7.89. The van der Waals surface area contributed by atoms with E-state index in [1.54, 1.807) is 6.92 Å². The summed E-state index contributed by atoms with van der Waals surface area (Å²) in [6.07, 6.45) is -6.86. The van der Waals surface area contributed by atoms with Crippen LogP contribution in [0, 0.1) is 0 Å². The lowest BCUT2D eigenvalue weighted by molar-refractivity contribution is -0.110. The van der Waals surface area contributed by atoms with Gasteiger partial charge < -0.3 is 0 Å². The van der Waals surface area contributed by atoms with Gasteiger partial charge in [0.1, 0.15) is 12.8 Å². The van der Waals surface area contributed by atoms with Gasteiger partial charge in [0, 0.05) is 25.0 Å². The van der Waals surface area contributed by atoms with Gasteiger partial charge in [-0.1, -0.05) is 18.7 Å². The molecule has 0 spiro atoms. The molecule has 0 aliphatic rings. The zero-order valence-corrected chi connectivity index (χ0v) is 10.2. The van der Waals surface area contributed by atoms with E-state index in [0.29, 0.717) is 0 Å². The van der Waals surface area contributed by atoms with E-state index in [1.807, 2.05) is 0 Å². The minimum Gasteiger partial charge on any atom is -0.287 e. The first-order chi connectivity index (χ1) is 7.82. The van der Waals surface area contributed by atoms with E-state index in [0.717, 1.165) is 11.8 Å². The maximum Gasteiger partial charge on any atom is 0.251 e. The third-order valence-electron chi connectivity index (χ3n) is 2.05. The molecule has 0 rings (SSSR count). The standard InChI is InChI=1S/C10H15F5OS/c1-2-9(16)17-4-3-10(14,15)5-7(12)8(13)6-11/h7-8H,2-6H2,1H3. The molecule has 102 valence electrons. The van der Waals surface area contributed by atoms with Crippen molar-refractivity contribution in [1.29, 1.82) is 0 Å². The van der Waals surface area contributed by atoms with Gasteiger partial charge in [-0.15, -0.1) is 0 Å². The van der Waals surface area contributed by atoms with Gasteiger partial charge in [0.25, 0.3) is 5.92 Å². The molecular weight excluding hydrogens is 263 g/mol. The van der Waals surface area contributed by atoms with Crippen LogP contribution in [-0.2, 0) is 4.79 Å². The number of hydrogen-bond donors (Lipinski definition) is 0. The largest absolute Gasteiger partial charge is 0.287 e. The zero-order chi connectivity index (χ0) is 13.5. The SMILES string of the molecule is CCC(=O)SCCC(F)(F)CC(F)C(F)CF. The topological polar surface area (TPSA) is 17.1 Å². The van der Waals surface area contributed by atoms with Crippen LogP contribution in [0.15, 0.2) is 0 Å². The Kier molecular flexibility index (Phi) is 7.74. The molecule has 0 aromatic carbocycles. The average Bonchev–Trinajstić information content (AvgIpc) is 2.26. The first-order valence-electron chi connectivity index (χ1n) is 5.20. The third-order valence-corrected chi connectivity index (χ3v) is 3.07. The molecule has 17 heavy (non-hydrogen) atoms. The fourth-order valence-corrected chi connectivity index (χ4v) is 1.86. The van der Waals surface area contributed by atoms with Crippen LogP contribution in [0.1, 0.15) is 26.2 Å². The van der Waals surface area contributed by atoms with E-state index in [4.69, 9.17) is 0 Å². The molecule has 0 aromatic rings. The molecule has 2 atom stereocenters. The summed E-state index contributed by atoms with van der Waals surface area (Å²) in [4.78, 5) is 10.8. The minimum atomic E-state index is -3.42. The molecule has 0 saturated heterocycles. The monoisotopic (exact) mass is 278 g/mol. The summed E-state index contributed by atoms with van der Waals surface area (Å²) in [7, 11) is 0. The number of halogens is 5. The van der Waals surface area contributed by atoms with Crippen LogP contribution in [0.3, 0.4) is 0 Å². The summed E-state index contributed by atoms with van der Waals surface area (Å²) >= 11 is 0.735. The Morgan fingerprint density at radius 2 is 1.88 bits per heavy atom. The van der Waals surface area contributed by atoms with Crippen molar-refractivity contribution in [1.82, 2.24) is 0 Å². The summed E-state index contributed by atoms with van der Waals surface area (Å²) < 4.78 is 63.0. The number of carbonyl (C=O) groups excluding carboxylic acids is 1. The van der Waals surface area contributed by atoms with Gasteiger partial charge in [0.2, 0.25) is 0 Å². The summed E-state index contributed by atoms with van der Waals surface area (Å²) in [6, 6.07) is 0. The highest BCUT2D eigenvalue weighted by Gasteiger charge is 2.36. The number of hydrogen-bond acceptors (Lipinski definition) is 2. The summed E-state index contributed by atoms with van der Waals surface area (Å²) in [6.45, 7) is -0.0136.